The fourth-order valence-electron chi connectivity index (χ4n) is 0.975. The van der Waals surface area contributed by atoms with E-state index in [0.29, 0.717) is 0 Å². The van der Waals surface area contributed by atoms with Crippen LogP contribution in [0.4, 0.5) is 17.6 Å². The second kappa shape index (κ2) is 4.16. The fraction of sp³-hybridized carbons (Fsp3) is 0.571. The molecule has 1 aromatic heterocycles. The quantitative estimate of drug-likeness (QED) is 0.577. The molecule has 0 bridgehead atoms. The van der Waals surface area contributed by atoms with Gasteiger partial charge in [-0.25, -0.2) is 4.39 Å². The largest absolute Gasteiger partial charge is 0.435 e. The number of halogens is 5. The third-order valence-corrected chi connectivity index (χ3v) is 1.86. The second-order valence-corrected chi connectivity index (χ2v) is 2.83. The van der Waals surface area contributed by atoms with Crippen molar-refractivity contribution >= 4 is 11.6 Å². The van der Waals surface area contributed by atoms with Crippen LogP contribution in [0.15, 0.2) is 6.07 Å². The van der Waals surface area contributed by atoms with Crippen LogP contribution >= 0.6 is 11.6 Å². The summed E-state index contributed by atoms with van der Waals surface area (Å²) in [5.41, 5.74) is -0.877. The van der Waals surface area contributed by atoms with Crippen LogP contribution in [-0.4, -0.2) is 16.5 Å². The van der Waals surface area contributed by atoms with E-state index in [2.05, 4.69) is 5.10 Å². The van der Waals surface area contributed by atoms with Gasteiger partial charge in [0.05, 0.1) is 18.1 Å². The van der Waals surface area contributed by atoms with Crippen molar-refractivity contribution in [1.82, 2.24) is 9.78 Å². The Balaban J connectivity index is 3.00. The third kappa shape index (κ3) is 2.37. The van der Waals surface area contributed by atoms with Gasteiger partial charge in [-0.3, -0.25) is 4.68 Å². The summed E-state index contributed by atoms with van der Waals surface area (Å²) >= 11 is 5.38. The molecule has 0 saturated heterocycles. The van der Waals surface area contributed by atoms with Crippen LogP contribution in [0.2, 0.25) is 0 Å². The lowest BCUT2D eigenvalue weighted by Crippen LogP contribution is -2.09. The van der Waals surface area contributed by atoms with Crippen LogP contribution in [-0.2, 0) is 18.6 Å². The highest BCUT2D eigenvalue weighted by Crippen LogP contribution is 2.28. The first-order valence-corrected chi connectivity index (χ1v) is 4.28. The normalized spacial score (nSPS) is 12.1. The molecule has 0 aliphatic rings. The molecule has 1 heterocycles. The lowest BCUT2D eigenvalue weighted by Gasteiger charge is -2.01. The lowest BCUT2D eigenvalue weighted by atomic mass is 10.3. The molecule has 0 aliphatic heterocycles. The van der Waals surface area contributed by atoms with Crippen LogP contribution in [0.1, 0.15) is 11.4 Å². The zero-order valence-electron chi connectivity index (χ0n) is 6.98. The maximum absolute atomic E-state index is 12.1. The minimum atomic E-state index is -4.51. The van der Waals surface area contributed by atoms with Crippen molar-refractivity contribution in [1.29, 1.82) is 0 Å². The van der Waals surface area contributed by atoms with Crippen molar-refractivity contribution in [2.24, 2.45) is 0 Å². The summed E-state index contributed by atoms with van der Waals surface area (Å²) in [5, 5.41) is 3.21. The van der Waals surface area contributed by atoms with Crippen molar-refractivity contribution in [3.8, 4) is 0 Å². The standard InChI is InChI=1S/C7H7ClF4N2/c8-4-5-3-6(7(10,11)12)13-14(5)2-1-9/h3H,1-2,4H2. The molecule has 2 nitrogen and oxygen atoms in total. The Labute approximate surface area is 82.5 Å². The first-order chi connectivity index (χ1) is 6.49. The van der Waals surface area contributed by atoms with Crippen LogP contribution in [0.3, 0.4) is 0 Å². The summed E-state index contributed by atoms with van der Waals surface area (Å²) < 4.78 is 49.3. The van der Waals surface area contributed by atoms with Gasteiger partial charge < -0.3 is 0 Å². The smallest absolute Gasteiger partial charge is 0.265 e. The van der Waals surface area contributed by atoms with Gasteiger partial charge >= 0.3 is 6.18 Å². The first kappa shape index (κ1) is 11.3. The van der Waals surface area contributed by atoms with Gasteiger partial charge in [0.15, 0.2) is 5.69 Å². The maximum atomic E-state index is 12.1. The van der Waals surface area contributed by atoms with Crippen molar-refractivity contribution in [3.05, 3.63) is 17.5 Å². The molecular formula is C7H7ClF4N2. The summed E-state index contributed by atoms with van der Waals surface area (Å²) in [7, 11) is 0. The zero-order chi connectivity index (χ0) is 10.8. The molecule has 0 atom stereocenters. The molecule has 0 N–H and O–H groups in total. The number of hydrogen-bond acceptors (Lipinski definition) is 1. The van der Waals surface area contributed by atoms with Crippen molar-refractivity contribution in [3.63, 3.8) is 0 Å². The number of rotatable bonds is 3. The van der Waals surface area contributed by atoms with Gasteiger partial charge in [-0.2, -0.15) is 18.3 Å². The first-order valence-electron chi connectivity index (χ1n) is 3.75. The average molecular weight is 231 g/mol. The van der Waals surface area contributed by atoms with E-state index in [0.717, 1.165) is 10.7 Å². The lowest BCUT2D eigenvalue weighted by molar-refractivity contribution is -0.141. The number of hydrogen-bond donors (Lipinski definition) is 0. The average Bonchev–Trinajstić information content (AvgIpc) is 2.47. The molecule has 1 rings (SSSR count). The van der Waals surface area contributed by atoms with Crippen LogP contribution in [0.25, 0.3) is 0 Å². The molecule has 14 heavy (non-hydrogen) atoms. The minimum absolute atomic E-state index is 0.122. The van der Waals surface area contributed by atoms with E-state index in [9.17, 15) is 17.6 Å². The molecule has 80 valence electrons. The fourth-order valence-corrected chi connectivity index (χ4v) is 1.19. The van der Waals surface area contributed by atoms with E-state index in [4.69, 9.17) is 11.6 Å². The van der Waals surface area contributed by atoms with Gasteiger partial charge in [-0.05, 0) is 6.07 Å². The van der Waals surface area contributed by atoms with E-state index in [1.807, 2.05) is 0 Å². The monoisotopic (exact) mass is 230 g/mol. The highest BCUT2D eigenvalue weighted by Gasteiger charge is 2.34. The maximum Gasteiger partial charge on any atom is 0.435 e. The molecule has 1 aromatic rings. The van der Waals surface area contributed by atoms with Gasteiger partial charge in [0.1, 0.15) is 6.67 Å². The molecule has 0 fully saturated rings. The van der Waals surface area contributed by atoms with Crippen molar-refractivity contribution in [2.75, 3.05) is 6.67 Å². The molecule has 0 aliphatic carbocycles. The number of aromatic nitrogens is 2. The molecular weight excluding hydrogens is 224 g/mol. The highest BCUT2D eigenvalue weighted by atomic mass is 35.5. The molecule has 0 amide bonds. The van der Waals surface area contributed by atoms with Gasteiger partial charge in [0.25, 0.3) is 0 Å². The summed E-state index contributed by atoms with van der Waals surface area (Å²) in [6, 6.07) is 0.822. The summed E-state index contributed by atoms with van der Waals surface area (Å²) in [6.45, 7) is -0.985. The summed E-state index contributed by atoms with van der Waals surface area (Å²) in [6.07, 6.45) is -4.51. The van der Waals surface area contributed by atoms with Gasteiger partial charge in [-0.1, -0.05) is 0 Å². The Morgan fingerprint density at radius 2 is 2.07 bits per heavy atom. The second-order valence-electron chi connectivity index (χ2n) is 2.56. The van der Waals surface area contributed by atoms with Crippen LogP contribution in [0, 0.1) is 0 Å². The molecule has 0 saturated carbocycles. The predicted octanol–water partition coefficient (Wildman–Crippen LogP) is 2.61. The Morgan fingerprint density at radius 3 is 2.50 bits per heavy atom. The van der Waals surface area contributed by atoms with Gasteiger partial charge in [0.2, 0.25) is 0 Å². The highest BCUT2D eigenvalue weighted by molar-refractivity contribution is 6.16. The van der Waals surface area contributed by atoms with E-state index in [1.165, 1.54) is 0 Å². The van der Waals surface area contributed by atoms with Crippen molar-refractivity contribution in [2.45, 2.75) is 18.6 Å². The van der Waals surface area contributed by atoms with Gasteiger partial charge in [-0.15, -0.1) is 11.6 Å². The van der Waals surface area contributed by atoms with Gasteiger partial charge in [0, 0.05) is 0 Å². The molecule has 0 radical (unpaired) electrons. The van der Waals surface area contributed by atoms with Crippen molar-refractivity contribution < 1.29 is 17.6 Å². The van der Waals surface area contributed by atoms with Crippen LogP contribution in [0.5, 0.6) is 0 Å². The number of alkyl halides is 5. The van der Waals surface area contributed by atoms with E-state index < -0.39 is 18.5 Å². The van der Waals surface area contributed by atoms with E-state index >= 15 is 0 Å². The predicted molar refractivity (Wildman–Crippen MR) is 42.8 cm³/mol. The number of aryl methyl sites for hydroxylation is 1. The minimum Gasteiger partial charge on any atom is -0.265 e. The zero-order valence-corrected chi connectivity index (χ0v) is 7.74. The summed E-state index contributed by atoms with van der Waals surface area (Å²) in [5.74, 6) is -0.122. The Morgan fingerprint density at radius 1 is 1.43 bits per heavy atom. The third-order valence-electron chi connectivity index (χ3n) is 1.59. The molecule has 7 heteroatoms. The Bertz CT molecular complexity index is 307. The molecule has 0 spiro atoms. The van der Waals surface area contributed by atoms with E-state index in [-0.39, 0.29) is 18.1 Å². The number of nitrogens with zero attached hydrogens (tertiary/aromatic N) is 2. The molecule has 0 aromatic carbocycles. The Kier molecular flexibility index (Phi) is 3.36. The SMILES string of the molecule is FCCn1nc(C(F)(F)F)cc1CCl. The van der Waals surface area contributed by atoms with Crippen LogP contribution < -0.4 is 0 Å². The van der Waals surface area contributed by atoms with E-state index in [1.54, 1.807) is 0 Å². The topological polar surface area (TPSA) is 17.8 Å². The summed E-state index contributed by atoms with van der Waals surface area (Å²) in [4.78, 5) is 0. The molecule has 0 unspecified atom stereocenters. The Hall–Kier alpha value is -0.780.